The van der Waals surface area contributed by atoms with E-state index in [-0.39, 0.29) is 59.6 Å². The summed E-state index contributed by atoms with van der Waals surface area (Å²) in [4.78, 5) is 19.4. The minimum absolute atomic E-state index is 0. The van der Waals surface area contributed by atoms with Crippen molar-refractivity contribution < 1.29 is 24.1 Å². The quantitative estimate of drug-likeness (QED) is 0.470. The van der Waals surface area contributed by atoms with E-state index in [2.05, 4.69) is 15.1 Å². The van der Waals surface area contributed by atoms with Gasteiger partial charge in [-0.2, -0.15) is 9.40 Å². The molecule has 2 aromatic heterocycles. The summed E-state index contributed by atoms with van der Waals surface area (Å²) in [5.74, 6) is 0.00205. The van der Waals surface area contributed by atoms with Gasteiger partial charge in [-0.25, -0.2) is 13.4 Å². The lowest BCUT2D eigenvalue weighted by Crippen LogP contribution is -2.46. The Balaban J connectivity index is 0.00000308. The number of piperazine rings is 1. The number of nitrogens with zero attached hydrogens (tertiary/aromatic N) is 4. The van der Waals surface area contributed by atoms with Crippen molar-refractivity contribution in [3.63, 3.8) is 0 Å². The van der Waals surface area contributed by atoms with Crippen LogP contribution in [-0.4, -0.2) is 65.1 Å². The number of rotatable bonds is 7. The van der Waals surface area contributed by atoms with Crippen molar-refractivity contribution in [2.24, 2.45) is 7.05 Å². The first-order valence-corrected chi connectivity index (χ1v) is 11.4. The molecule has 1 aliphatic rings. The van der Waals surface area contributed by atoms with E-state index in [1.54, 1.807) is 19.3 Å². The molecule has 1 aromatic carbocycles. The molecule has 10 nitrogen and oxygen atoms in total. The Morgan fingerprint density at radius 1 is 1.21 bits per heavy atom. The van der Waals surface area contributed by atoms with E-state index in [1.807, 2.05) is 6.92 Å². The number of nitrogens with one attached hydrogen (secondary N) is 2. The second kappa shape index (κ2) is 11.5. The van der Waals surface area contributed by atoms with Crippen LogP contribution < -0.4 is 15.6 Å². The van der Waals surface area contributed by atoms with E-state index < -0.39 is 50.8 Å². The van der Waals surface area contributed by atoms with E-state index in [9.17, 15) is 13.2 Å². The molecule has 3 heterocycles. The summed E-state index contributed by atoms with van der Waals surface area (Å²) in [6.45, 7) is -10.1. The monoisotopic (exact) mass is 540 g/mol. The molecule has 34 heavy (non-hydrogen) atoms. The van der Waals surface area contributed by atoms with Crippen molar-refractivity contribution in [2.45, 2.75) is 31.6 Å². The van der Waals surface area contributed by atoms with Crippen molar-refractivity contribution in [1.29, 1.82) is 0 Å². The highest BCUT2D eigenvalue weighted by Crippen LogP contribution is 2.32. The molecule has 0 unspecified atom stereocenters. The fourth-order valence-electron chi connectivity index (χ4n) is 3.36. The second-order valence-corrected chi connectivity index (χ2v) is 8.68. The van der Waals surface area contributed by atoms with E-state index >= 15 is 0 Å². The van der Waals surface area contributed by atoms with Crippen LogP contribution in [0.1, 0.15) is 36.9 Å². The second-order valence-electron chi connectivity index (χ2n) is 6.89. The van der Waals surface area contributed by atoms with Gasteiger partial charge in [-0.3, -0.25) is 9.48 Å². The van der Waals surface area contributed by atoms with Gasteiger partial charge in [0.15, 0.2) is 5.52 Å². The minimum atomic E-state index is -5.28. The topological polar surface area (TPSA) is 122 Å². The molecule has 4 rings (SSSR count). The summed E-state index contributed by atoms with van der Waals surface area (Å²) in [6.07, 6.45) is 1.22. The molecule has 1 aliphatic heterocycles. The zero-order valence-electron chi connectivity index (χ0n) is 26.5. The van der Waals surface area contributed by atoms with Crippen LogP contribution in [0.25, 0.3) is 22.4 Å². The van der Waals surface area contributed by atoms with Crippen molar-refractivity contribution in [1.82, 2.24) is 29.4 Å². The lowest BCUT2D eigenvalue weighted by molar-refractivity contribution is 0.341. The first kappa shape index (κ1) is 18.1. The van der Waals surface area contributed by atoms with Gasteiger partial charge in [0.1, 0.15) is 17.1 Å². The highest BCUT2D eigenvalue weighted by molar-refractivity contribution is 7.89. The molecule has 0 atom stereocenters. The first-order chi connectivity index (χ1) is 18.3. The Bertz CT molecular complexity index is 1630. The summed E-state index contributed by atoms with van der Waals surface area (Å²) in [5, 5.41) is 5.95. The third-order valence-corrected chi connectivity index (χ3v) is 6.25. The standard InChI is InChI=1S/C21H28N6O4S.2ClH/c1-4-6-16-18-19(26(3)25-16)21(28)24-20(23-18)15-13-14(7-8-17(15)31-5-2)32(29,30)27-11-9-22-10-12-27;;/h7-8,13,22H,4-6,9-12H2,1-3H3,(H,23,24,28);2*1H/i9D2,10D2,11D2,12D2;;. The average molecular weight is 542 g/mol. The Morgan fingerprint density at radius 2 is 1.91 bits per heavy atom. The zero-order valence-corrected chi connectivity index (χ0v) is 20.9. The number of H-pyrrole nitrogens is 1. The number of aromatic amines is 1. The van der Waals surface area contributed by atoms with Crippen molar-refractivity contribution in [2.75, 3.05) is 32.6 Å². The number of fused-ring (bicyclic) bond motifs is 1. The maximum absolute atomic E-state index is 13.8. The van der Waals surface area contributed by atoms with Crippen LogP contribution >= 0.6 is 24.8 Å². The Morgan fingerprint density at radius 3 is 2.56 bits per heavy atom. The lowest BCUT2D eigenvalue weighted by atomic mass is 10.1. The van der Waals surface area contributed by atoms with Gasteiger partial charge in [0, 0.05) is 44.0 Å². The molecule has 1 saturated heterocycles. The molecule has 3 aromatic rings. The Labute approximate surface area is 222 Å². The van der Waals surface area contributed by atoms with E-state index in [4.69, 9.17) is 15.7 Å². The minimum Gasteiger partial charge on any atom is -0.493 e. The van der Waals surface area contributed by atoms with E-state index in [0.29, 0.717) is 18.5 Å². The van der Waals surface area contributed by atoms with Crippen LogP contribution in [0.3, 0.4) is 0 Å². The van der Waals surface area contributed by atoms with E-state index in [1.165, 1.54) is 10.7 Å². The molecular weight excluding hydrogens is 503 g/mol. The molecule has 0 saturated carbocycles. The smallest absolute Gasteiger partial charge is 0.277 e. The predicted octanol–water partition coefficient (Wildman–Crippen LogP) is 2.11. The van der Waals surface area contributed by atoms with Gasteiger partial charge in [0.2, 0.25) is 10.0 Å². The third-order valence-electron chi connectivity index (χ3n) is 4.73. The molecular formula is C21H30Cl2N6O4S. The fourth-order valence-corrected chi connectivity index (χ4v) is 4.41. The van der Waals surface area contributed by atoms with Gasteiger partial charge in [-0.1, -0.05) is 13.3 Å². The van der Waals surface area contributed by atoms with Gasteiger partial charge in [-0.15, -0.1) is 24.8 Å². The van der Waals surface area contributed by atoms with Gasteiger partial charge in [-0.05, 0) is 31.5 Å². The Kier molecular flexibility index (Phi) is 6.13. The number of hydrogen-bond acceptors (Lipinski definition) is 7. The first-order valence-electron chi connectivity index (χ1n) is 13.9. The van der Waals surface area contributed by atoms with Gasteiger partial charge < -0.3 is 15.0 Å². The molecule has 13 heteroatoms. The molecule has 0 radical (unpaired) electrons. The molecule has 0 amide bonds. The number of aryl methyl sites for hydroxylation is 2. The average Bonchev–Trinajstić information content (AvgIpc) is 3.13. The number of aromatic nitrogens is 4. The number of halogens is 2. The number of sulfonamides is 1. The van der Waals surface area contributed by atoms with Gasteiger partial charge in [0.05, 0.1) is 22.8 Å². The molecule has 0 spiro atoms. The maximum Gasteiger partial charge on any atom is 0.277 e. The van der Waals surface area contributed by atoms with Gasteiger partial charge >= 0.3 is 0 Å². The molecule has 0 bridgehead atoms. The largest absolute Gasteiger partial charge is 0.493 e. The summed E-state index contributed by atoms with van der Waals surface area (Å²) in [7, 11) is -3.69. The predicted molar refractivity (Wildman–Crippen MR) is 136 cm³/mol. The molecule has 188 valence electrons. The summed E-state index contributed by atoms with van der Waals surface area (Å²) in [6, 6.07) is 3.19. The SMILES string of the molecule is Cl.Cl.[2H]C1([2H])NC([2H])([2H])C([2H])([2H])N(S(=O)(=O)c2ccc(OCC)c(-c3nc4c(CCC)nn(C)c4c(=O)[nH]3)c2)C1([2H])[2H]. The fraction of sp³-hybridized carbons (Fsp3) is 0.476. The normalized spacial score (nSPS) is 23.9. The van der Waals surface area contributed by atoms with Crippen molar-refractivity contribution >= 4 is 45.9 Å². The van der Waals surface area contributed by atoms with E-state index in [0.717, 1.165) is 12.1 Å². The number of benzene rings is 1. The summed E-state index contributed by atoms with van der Waals surface area (Å²) < 4.78 is 98.8. The molecule has 0 aliphatic carbocycles. The highest BCUT2D eigenvalue weighted by Gasteiger charge is 2.27. The number of ether oxygens (including phenoxy) is 1. The van der Waals surface area contributed by atoms with Crippen LogP contribution in [0, 0.1) is 0 Å². The number of hydrogen-bond donors (Lipinski definition) is 2. The van der Waals surface area contributed by atoms with Crippen LogP contribution in [0.4, 0.5) is 0 Å². The van der Waals surface area contributed by atoms with Crippen molar-refractivity contribution in [3.8, 4) is 17.1 Å². The van der Waals surface area contributed by atoms with Crippen LogP contribution in [0.15, 0.2) is 27.9 Å². The molecule has 2 N–H and O–H groups in total. The Hall–Kier alpha value is -2.18. The summed E-state index contributed by atoms with van der Waals surface area (Å²) in [5.41, 5.74) is 0.427. The van der Waals surface area contributed by atoms with Crippen LogP contribution in [-0.2, 0) is 23.5 Å². The maximum atomic E-state index is 13.8. The zero-order chi connectivity index (χ0) is 30.1. The van der Waals surface area contributed by atoms with Crippen molar-refractivity contribution in [3.05, 3.63) is 34.2 Å². The van der Waals surface area contributed by atoms with Gasteiger partial charge in [0.25, 0.3) is 5.56 Å². The van der Waals surface area contributed by atoms with Crippen LogP contribution in [0.5, 0.6) is 5.75 Å². The highest BCUT2D eigenvalue weighted by atomic mass is 35.5. The van der Waals surface area contributed by atoms with Crippen LogP contribution in [0.2, 0.25) is 0 Å². The third kappa shape index (κ3) is 5.23. The molecule has 1 fully saturated rings. The summed E-state index contributed by atoms with van der Waals surface area (Å²) >= 11 is 0. The lowest BCUT2D eigenvalue weighted by Gasteiger charge is -2.26.